The topological polar surface area (TPSA) is 134 Å². The van der Waals surface area contributed by atoms with Crippen molar-refractivity contribution >= 4 is 34.3 Å². The fraction of sp³-hybridized carbons (Fsp3) is 0. The van der Waals surface area contributed by atoms with Gasteiger partial charge in [0.15, 0.2) is 11.5 Å². The summed E-state index contributed by atoms with van der Waals surface area (Å²) in [7, 11) is 0. The molecular weight excluding hydrogens is 432 g/mol. The first kappa shape index (κ1) is 20.1. The molecule has 162 valence electrons. The average Bonchev–Trinajstić information content (AvgIpc) is 3.33. The zero-order chi connectivity index (χ0) is 22.8. The maximum Gasteiger partial charge on any atom is 0.275 e. The Bertz CT molecular complexity index is 1470. The van der Waals surface area contributed by atoms with Gasteiger partial charge in [-0.15, -0.1) is 0 Å². The molecule has 0 aliphatic carbocycles. The number of pyridine rings is 1. The Kier molecular flexibility index (Phi) is 5.07. The van der Waals surface area contributed by atoms with Gasteiger partial charge in [0.25, 0.3) is 5.91 Å². The summed E-state index contributed by atoms with van der Waals surface area (Å²) in [5.74, 6) is -2.46. The van der Waals surface area contributed by atoms with E-state index in [0.29, 0.717) is 22.4 Å². The van der Waals surface area contributed by atoms with E-state index in [9.17, 15) is 9.18 Å². The number of amides is 1. The molecule has 1 amide bonds. The van der Waals surface area contributed by atoms with E-state index < -0.39 is 23.2 Å². The average molecular weight is 445 g/mol. The number of nitrogens with zero attached hydrogens (tertiary/aromatic N) is 6. The van der Waals surface area contributed by atoms with Crippen LogP contribution in [0.1, 0.15) is 10.5 Å². The van der Waals surface area contributed by atoms with Gasteiger partial charge in [-0.1, -0.05) is 0 Å². The van der Waals surface area contributed by atoms with Crippen molar-refractivity contribution in [3.8, 4) is 11.3 Å². The van der Waals surface area contributed by atoms with Gasteiger partial charge in [0.2, 0.25) is 0 Å². The zero-order valence-corrected chi connectivity index (χ0v) is 16.6. The molecule has 0 bridgehead atoms. The van der Waals surface area contributed by atoms with Crippen LogP contribution in [0.4, 0.5) is 26.0 Å². The van der Waals surface area contributed by atoms with E-state index in [-0.39, 0.29) is 17.2 Å². The molecule has 0 aliphatic heterocycles. The number of fused-ring (bicyclic) bond motifs is 1. The Balaban J connectivity index is 1.51. The normalized spacial score (nSPS) is 10.8. The first-order chi connectivity index (χ1) is 16.1. The second-order valence-electron chi connectivity index (χ2n) is 6.68. The molecule has 0 fully saturated rings. The van der Waals surface area contributed by atoms with Crippen LogP contribution in [0.15, 0.2) is 61.7 Å². The number of aromatic amines is 1. The van der Waals surface area contributed by atoms with Crippen molar-refractivity contribution in [1.82, 2.24) is 34.9 Å². The maximum atomic E-state index is 15.2. The fourth-order valence-electron chi connectivity index (χ4n) is 3.14. The van der Waals surface area contributed by atoms with Gasteiger partial charge in [-0.05, 0) is 24.3 Å². The number of carbonyl (C=O) groups excluding carboxylic acids is 1. The highest BCUT2D eigenvalue weighted by Gasteiger charge is 2.20. The van der Waals surface area contributed by atoms with E-state index in [0.717, 1.165) is 12.1 Å². The summed E-state index contributed by atoms with van der Waals surface area (Å²) in [6, 6.07) is 5.48. The molecule has 4 heterocycles. The monoisotopic (exact) mass is 445 g/mol. The van der Waals surface area contributed by atoms with Crippen molar-refractivity contribution in [2.24, 2.45) is 0 Å². The standard InChI is InChI=1S/C21H13F2N9O/c22-12-3-4-13(31-21(33)14-8-24-6-7-25-14)15(23)17(12)32-19-11(2-1-5-26-19)16-18-20(29-9-27-16)30-10-28-18/h1-10H,(H,26,32)(H,31,33)(H,27,28,29,30). The highest BCUT2D eigenvalue weighted by molar-refractivity contribution is 6.03. The number of benzene rings is 1. The van der Waals surface area contributed by atoms with Gasteiger partial charge in [-0.3, -0.25) is 9.78 Å². The van der Waals surface area contributed by atoms with Crippen molar-refractivity contribution in [2.45, 2.75) is 0 Å². The molecule has 3 N–H and O–H groups in total. The highest BCUT2D eigenvalue weighted by Crippen LogP contribution is 2.33. The van der Waals surface area contributed by atoms with E-state index in [4.69, 9.17) is 0 Å². The van der Waals surface area contributed by atoms with Crippen LogP contribution in [0.2, 0.25) is 0 Å². The van der Waals surface area contributed by atoms with Crippen LogP contribution in [-0.4, -0.2) is 40.8 Å². The Morgan fingerprint density at radius 1 is 0.970 bits per heavy atom. The molecule has 10 nitrogen and oxygen atoms in total. The van der Waals surface area contributed by atoms with Crippen molar-refractivity contribution in [3.63, 3.8) is 0 Å². The van der Waals surface area contributed by atoms with Crippen molar-refractivity contribution in [3.05, 3.63) is 79.0 Å². The maximum absolute atomic E-state index is 15.2. The van der Waals surface area contributed by atoms with E-state index >= 15 is 4.39 Å². The predicted octanol–water partition coefficient (Wildman–Crippen LogP) is 3.48. The molecule has 0 unspecified atom stereocenters. The van der Waals surface area contributed by atoms with Crippen LogP contribution in [0.5, 0.6) is 0 Å². The molecular formula is C21H13F2N9O. The lowest BCUT2D eigenvalue weighted by Gasteiger charge is -2.14. The second kappa shape index (κ2) is 8.34. The molecule has 0 radical (unpaired) electrons. The summed E-state index contributed by atoms with van der Waals surface area (Å²) in [4.78, 5) is 39.6. The lowest BCUT2D eigenvalue weighted by Crippen LogP contribution is -2.15. The van der Waals surface area contributed by atoms with E-state index in [1.165, 1.54) is 37.4 Å². The second-order valence-corrected chi connectivity index (χ2v) is 6.68. The molecule has 12 heteroatoms. The number of hydrogen-bond donors (Lipinski definition) is 3. The summed E-state index contributed by atoms with van der Waals surface area (Å²) >= 11 is 0. The number of imidazole rings is 1. The van der Waals surface area contributed by atoms with Gasteiger partial charge >= 0.3 is 0 Å². The molecule has 0 saturated heterocycles. The molecule has 5 aromatic rings. The number of aromatic nitrogens is 7. The number of halogens is 2. The largest absolute Gasteiger partial charge is 0.335 e. The van der Waals surface area contributed by atoms with Crippen LogP contribution in [0.25, 0.3) is 22.4 Å². The van der Waals surface area contributed by atoms with Gasteiger partial charge in [-0.25, -0.2) is 33.7 Å². The van der Waals surface area contributed by atoms with Crippen molar-refractivity contribution in [1.29, 1.82) is 0 Å². The molecule has 0 saturated carbocycles. The minimum atomic E-state index is -1.02. The number of carbonyl (C=O) groups is 1. The minimum absolute atomic E-state index is 0.0190. The molecule has 0 atom stereocenters. The van der Waals surface area contributed by atoms with Crippen LogP contribution in [0.3, 0.4) is 0 Å². The minimum Gasteiger partial charge on any atom is -0.335 e. The summed E-state index contributed by atoms with van der Waals surface area (Å²) in [5.41, 5.74) is 1.08. The Labute approximate surface area is 184 Å². The number of rotatable bonds is 5. The molecule has 1 aromatic carbocycles. The van der Waals surface area contributed by atoms with Crippen LogP contribution < -0.4 is 10.6 Å². The third-order valence-corrected chi connectivity index (χ3v) is 4.66. The molecule has 4 aromatic heterocycles. The molecule has 0 aliphatic rings. The van der Waals surface area contributed by atoms with E-state index in [1.54, 1.807) is 12.1 Å². The SMILES string of the molecule is O=C(Nc1ccc(F)c(Nc2ncccc2-c2ncnc3[nH]cnc23)c1F)c1cnccn1. The Morgan fingerprint density at radius 3 is 2.73 bits per heavy atom. The van der Waals surface area contributed by atoms with E-state index in [2.05, 4.69) is 45.5 Å². The smallest absolute Gasteiger partial charge is 0.275 e. The summed E-state index contributed by atoms with van der Waals surface area (Å²) in [6.07, 6.45) is 8.23. The van der Waals surface area contributed by atoms with Gasteiger partial charge in [0, 0.05) is 24.2 Å². The van der Waals surface area contributed by atoms with Gasteiger partial charge in [0.1, 0.15) is 40.6 Å². The van der Waals surface area contributed by atoms with Crippen molar-refractivity contribution in [2.75, 3.05) is 10.6 Å². The first-order valence-electron chi connectivity index (χ1n) is 9.53. The van der Waals surface area contributed by atoms with Gasteiger partial charge in [0.05, 0.1) is 18.2 Å². The van der Waals surface area contributed by atoms with Crippen molar-refractivity contribution < 1.29 is 13.6 Å². The molecule has 5 rings (SSSR count). The fourth-order valence-corrected chi connectivity index (χ4v) is 3.14. The lowest BCUT2D eigenvalue weighted by molar-refractivity contribution is 0.102. The van der Waals surface area contributed by atoms with Gasteiger partial charge in [-0.2, -0.15) is 0 Å². The van der Waals surface area contributed by atoms with Crippen LogP contribution >= 0.6 is 0 Å². The summed E-state index contributed by atoms with van der Waals surface area (Å²) in [5, 5.41) is 5.05. The Morgan fingerprint density at radius 2 is 1.88 bits per heavy atom. The highest BCUT2D eigenvalue weighted by atomic mass is 19.1. The van der Waals surface area contributed by atoms with Gasteiger partial charge < -0.3 is 15.6 Å². The predicted molar refractivity (Wildman–Crippen MR) is 115 cm³/mol. The Hall–Kier alpha value is -4.87. The van der Waals surface area contributed by atoms with E-state index in [1.807, 2.05) is 0 Å². The lowest BCUT2D eigenvalue weighted by atomic mass is 10.1. The number of anilines is 3. The first-order valence-corrected chi connectivity index (χ1v) is 9.53. The molecule has 33 heavy (non-hydrogen) atoms. The molecule has 0 spiro atoms. The number of hydrogen-bond acceptors (Lipinski definition) is 8. The quantitative estimate of drug-likeness (QED) is 0.374. The summed E-state index contributed by atoms with van der Waals surface area (Å²) in [6.45, 7) is 0. The van der Waals surface area contributed by atoms with Crippen LogP contribution in [0, 0.1) is 11.6 Å². The third-order valence-electron chi connectivity index (χ3n) is 4.66. The van der Waals surface area contributed by atoms with Crippen LogP contribution in [-0.2, 0) is 0 Å². The number of H-pyrrole nitrogens is 1. The zero-order valence-electron chi connectivity index (χ0n) is 16.6. The third kappa shape index (κ3) is 3.80. The number of nitrogens with one attached hydrogen (secondary N) is 3. The summed E-state index contributed by atoms with van der Waals surface area (Å²) < 4.78 is 29.8.